The molecule has 2 aromatic rings. The monoisotopic (exact) mass is 317 g/mol. The van der Waals surface area contributed by atoms with Gasteiger partial charge in [0.05, 0.1) is 19.1 Å². The smallest absolute Gasteiger partial charge is 0.250 e. The van der Waals surface area contributed by atoms with Crippen LogP contribution in [0.15, 0.2) is 52.7 Å². The van der Waals surface area contributed by atoms with Crippen molar-refractivity contribution in [3.05, 3.63) is 48.2 Å². The molecule has 0 saturated carbocycles. The zero-order chi connectivity index (χ0) is 15.8. The van der Waals surface area contributed by atoms with Crippen LogP contribution in [0.2, 0.25) is 0 Å². The molecule has 0 spiro atoms. The average molecular weight is 317 g/mol. The van der Waals surface area contributed by atoms with E-state index in [1.54, 1.807) is 24.4 Å². The fraction of sp³-hybridized carbons (Fsp3) is 0.133. The van der Waals surface area contributed by atoms with E-state index in [9.17, 15) is 9.90 Å². The number of H-pyrrole nitrogens is 1. The Hall–Kier alpha value is -2.54. The highest BCUT2D eigenvalue weighted by molar-refractivity contribution is 7.99. The highest BCUT2D eigenvalue weighted by Gasteiger charge is 2.05. The summed E-state index contributed by atoms with van der Waals surface area (Å²) < 4.78 is 4.93. The number of methoxy groups -OCH3 is 1. The quantitative estimate of drug-likeness (QED) is 0.485. The maximum Gasteiger partial charge on any atom is 0.250 e. The Balaban J connectivity index is 1.86. The number of nitrogens with zero attached hydrogens (tertiary/aromatic N) is 1. The molecule has 0 fully saturated rings. The number of hydrazone groups is 1. The second-order valence-electron chi connectivity index (χ2n) is 4.19. The van der Waals surface area contributed by atoms with Crippen LogP contribution < -0.4 is 20.3 Å². The number of carbonyl (C=O) groups is 1. The lowest BCUT2D eigenvalue weighted by atomic mass is 10.2. The summed E-state index contributed by atoms with van der Waals surface area (Å²) in [6.45, 7) is 0. The number of thioether (sulfide) groups is 1. The molecule has 7 heteroatoms. The van der Waals surface area contributed by atoms with Crippen LogP contribution in [0.3, 0.4) is 0 Å². The van der Waals surface area contributed by atoms with Crippen LogP contribution in [0.5, 0.6) is 11.5 Å². The first kappa shape index (κ1) is 15.8. The Morgan fingerprint density at radius 3 is 3.00 bits per heavy atom. The molecule has 22 heavy (non-hydrogen) atoms. The van der Waals surface area contributed by atoms with Gasteiger partial charge in [-0.1, -0.05) is 17.9 Å². The molecule has 1 aromatic heterocycles. The zero-order valence-electron chi connectivity index (χ0n) is 11.9. The number of pyridine rings is 1. The van der Waals surface area contributed by atoms with E-state index >= 15 is 0 Å². The van der Waals surface area contributed by atoms with E-state index < -0.39 is 0 Å². The first-order valence-electron chi connectivity index (χ1n) is 6.46. The highest BCUT2D eigenvalue weighted by atomic mass is 32.2. The van der Waals surface area contributed by atoms with Gasteiger partial charge in [0.15, 0.2) is 6.20 Å². The highest BCUT2D eigenvalue weighted by Crippen LogP contribution is 2.24. The minimum absolute atomic E-state index is 0.222. The first-order valence-corrected chi connectivity index (χ1v) is 7.44. The minimum atomic E-state index is -0.267. The number of rotatable bonds is 6. The van der Waals surface area contributed by atoms with E-state index in [1.165, 1.54) is 25.1 Å². The van der Waals surface area contributed by atoms with Gasteiger partial charge in [-0.2, -0.15) is 5.10 Å². The van der Waals surface area contributed by atoms with Crippen molar-refractivity contribution in [2.45, 2.75) is 5.03 Å². The molecule has 2 rings (SSSR count). The van der Waals surface area contributed by atoms with Crippen LogP contribution in [-0.4, -0.2) is 25.0 Å². The summed E-state index contributed by atoms with van der Waals surface area (Å²) >= 11 is 1.36. The first-order chi connectivity index (χ1) is 10.7. The Kier molecular flexibility index (Phi) is 5.79. The number of amides is 1. The summed E-state index contributed by atoms with van der Waals surface area (Å²) in [5.41, 5.74) is 2.73. The number of benzene rings is 1. The number of aromatic nitrogens is 1. The molecule has 0 saturated heterocycles. The maximum atomic E-state index is 11.8. The average Bonchev–Trinajstić information content (AvgIpc) is 2.55. The molecule has 0 atom stereocenters. The predicted molar refractivity (Wildman–Crippen MR) is 81.9 cm³/mol. The number of ether oxygens (including phenoxy) is 1. The van der Waals surface area contributed by atoms with Crippen LogP contribution >= 0.6 is 11.8 Å². The van der Waals surface area contributed by atoms with Gasteiger partial charge in [0, 0.05) is 12.1 Å². The molecule has 0 aliphatic heterocycles. The number of hydrogen-bond acceptors (Lipinski definition) is 5. The van der Waals surface area contributed by atoms with Crippen molar-refractivity contribution >= 4 is 23.9 Å². The van der Waals surface area contributed by atoms with Crippen LogP contribution in [0.25, 0.3) is 0 Å². The van der Waals surface area contributed by atoms with Gasteiger partial charge < -0.3 is 9.84 Å². The SMILES string of the molecule is COc1cccc(/C=N/NC(=O)CSc2cccc[nH+]2)c1[O-]. The van der Waals surface area contributed by atoms with Gasteiger partial charge in [-0.05, 0) is 29.5 Å². The minimum Gasteiger partial charge on any atom is -0.870 e. The molecule has 1 aromatic carbocycles. The summed E-state index contributed by atoms with van der Waals surface area (Å²) in [5.74, 6) is -0.0595. The molecule has 0 aliphatic carbocycles. The lowest BCUT2D eigenvalue weighted by Gasteiger charge is -2.14. The van der Waals surface area contributed by atoms with Crippen molar-refractivity contribution in [3.63, 3.8) is 0 Å². The summed E-state index contributed by atoms with van der Waals surface area (Å²) in [4.78, 5) is 14.7. The van der Waals surface area contributed by atoms with Crippen LogP contribution in [0, 0.1) is 0 Å². The molecule has 0 unspecified atom stereocenters. The second kappa shape index (κ2) is 8.04. The Bertz CT molecular complexity index is 662. The van der Waals surface area contributed by atoms with Crippen LogP contribution in [0.1, 0.15) is 5.56 Å². The molecular weight excluding hydrogens is 302 g/mol. The largest absolute Gasteiger partial charge is 0.870 e. The second-order valence-corrected chi connectivity index (χ2v) is 5.20. The third-order valence-corrected chi connectivity index (χ3v) is 3.63. The number of nitrogens with one attached hydrogen (secondary N) is 2. The molecule has 1 heterocycles. The van der Waals surface area contributed by atoms with Gasteiger partial charge in [0.25, 0.3) is 5.91 Å². The van der Waals surface area contributed by atoms with E-state index in [0.29, 0.717) is 5.56 Å². The fourth-order valence-corrected chi connectivity index (χ4v) is 2.29. The summed E-state index contributed by atoms with van der Waals surface area (Å²) in [6, 6.07) is 10.5. The van der Waals surface area contributed by atoms with Gasteiger partial charge in [-0.15, -0.1) is 0 Å². The van der Waals surface area contributed by atoms with Crippen molar-refractivity contribution in [1.29, 1.82) is 0 Å². The lowest BCUT2D eigenvalue weighted by molar-refractivity contribution is -0.426. The lowest BCUT2D eigenvalue weighted by Crippen LogP contribution is -2.20. The number of hydrogen-bond donors (Lipinski definition) is 1. The zero-order valence-corrected chi connectivity index (χ0v) is 12.7. The van der Waals surface area contributed by atoms with Crippen LogP contribution in [-0.2, 0) is 4.79 Å². The maximum absolute atomic E-state index is 11.8. The van der Waals surface area contributed by atoms with Gasteiger partial charge in [-0.25, -0.2) is 10.4 Å². The molecule has 0 radical (unpaired) electrons. The van der Waals surface area contributed by atoms with Gasteiger partial charge >= 0.3 is 0 Å². The normalized spacial score (nSPS) is 10.6. The van der Waals surface area contributed by atoms with Crippen molar-refractivity contribution in [2.24, 2.45) is 5.10 Å². The summed E-state index contributed by atoms with van der Waals surface area (Å²) in [5, 5.41) is 16.5. The van der Waals surface area contributed by atoms with Crippen LogP contribution in [0.4, 0.5) is 0 Å². The molecular formula is C15H15N3O3S. The summed E-state index contributed by atoms with van der Waals surface area (Å²) in [6.07, 6.45) is 3.10. The molecule has 1 amide bonds. The third kappa shape index (κ3) is 4.49. The third-order valence-electron chi connectivity index (χ3n) is 2.66. The molecule has 114 valence electrons. The van der Waals surface area contributed by atoms with Crippen molar-refractivity contribution in [2.75, 3.05) is 12.9 Å². The van der Waals surface area contributed by atoms with Crippen molar-refractivity contribution in [3.8, 4) is 11.5 Å². The number of para-hydroxylation sites is 1. The van der Waals surface area contributed by atoms with Crippen molar-refractivity contribution < 1.29 is 19.6 Å². The summed E-state index contributed by atoms with van der Waals surface area (Å²) in [7, 11) is 1.43. The number of aromatic amines is 1. The topological polar surface area (TPSA) is 87.9 Å². The molecule has 2 N–H and O–H groups in total. The van der Waals surface area contributed by atoms with E-state index in [4.69, 9.17) is 4.74 Å². The van der Waals surface area contributed by atoms with E-state index in [1.807, 2.05) is 18.2 Å². The Labute approximate surface area is 132 Å². The van der Waals surface area contributed by atoms with E-state index in [0.717, 1.165) is 5.03 Å². The van der Waals surface area contributed by atoms with Gasteiger partial charge in [-0.3, -0.25) is 4.79 Å². The number of carbonyl (C=O) groups excluding carboxylic acids is 1. The van der Waals surface area contributed by atoms with Gasteiger partial charge in [0.2, 0.25) is 5.03 Å². The van der Waals surface area contributed by atoms with E-state index in [2.05, 4.69) is 15.5 Å². The fourth-order valence-electron chi connectivity index (χ4n) is 1.61. The molecule has 6 nitrogen and oxygen atoms in total. The molecule has 0 aliphatic rings. The Morgan fingerprint density at radius 2 is 2.27 bits per heavy atom. The standard InChI is InChI=1S/C15H15N3O3S/c1-21-12-6-4-5-11(15(12)20)9-17-18-13(19)10-22-14-7-2-3-8-16-14/h2-9,20H,10H2,1H3,(H,18,19)/b17-9+. The molecule has 0 bridgehead atoms. The van der Waals surface area contributed by atoms with Crippen molar-refractivity contribution in [1.82, 2.24) is 5.43 Å². The van der Waals surface area contributed by atoms with Gasteiger partial charge in [0.1, 0.15) is 5.75 Å². The Morgan fingerprint density at radius 1 is 1.41 bits per heavy atom. The predicted octanol–water partition coefficient (Wildman–Crippen LogP) is 0.825. The van der Waals surface area contributed by atoms with E-state index in [-0.39, 0.29) is 23.2 Å².